The van der Waals surface area contributed by atoms with Crippen molar-refractivity contribution in [2.24, 2.45) is 0 Å². The van der Waals surface area contributed by atoms with E-state index in [4.69, 9.17) is 0 Å². The number of nitrogens with zero attached hydrogens (tertiary/aromatic N) is 4. The highest BCUT2D eigenvalue weighted by Gasteiger charge is 2.10. The standard InChI is InChI=1S/C18H17FN6O2/c19-15-9-5-4-6-13(15)10-11-16(26)20-21-17(27)12-25-23-18(22-24-25)14-7-2-1-3-8-14/h1-9H,10-12H2,(H,20,26)(H,21,27). The van der Waals surface area contributed by atoms with Gasteiger partial charge >= 0.3 is 0 Å². The lowest BCUT2D eigenvalue weighted by atomic mass is 10.1. The topological polar surface area (TPSA) is 102 Å². The maximum absolute atomic E-state index is 13.5. The fourth-order valence-electron chi connectivity index (χ4n) is 2.33. The molecule has 0 bridgehead atoms. The quantitative estimate of drug-likeness (QED) is 0.638. The van der Waals surface area contributed by atoms with E-state index >= 15 is 0 Å². The summed E-state index contributed by atoms with van der Waals surface area (Å²) in [7, 11) is 0. The smallest absolute Gasteiger partial charge is 0.262 e. The minimum atomic E-state index is -0.508. The second-order valence-electron chi connectivity index (χ2n) is 5.70. The van der Waals surface area contributed by atoms with Gasteiger partial charge in [-0.15, -0.1) is 10.2 Å². The Morgan fingerprint density at radius 2 is 1.67 bits per heavy atom. The number of hydrogen-bond acceptors (Lipinski definition) is 5. The Hall–Kier alpha value is -3.62. The third-order valence-corrected chi connectivity index (χ3v) is 3.69. The minimum absolute atomic E-state index is 0.0426. The molecular formula is C18H17FN6O2. The fraction of sp³-hybridized carbons (Fsp3) is 0.167. The molecule has 138 valence electrons. The summed E-state index contributed by atoms with van der Waals surface area (Å²) in [4.78, 5) is 24.8. The van der Waals surface area contributed by atoms with Gasteiger partial charge in [0.25, 0.3) is 5.91 Å². The number of hydrogen-bond donors (Lipinski definition) is 2. The summed E-state index contributed by atoms with van der Waals surface area (Å²) in [6.45, 7) is -0.201. The van der Waals surface area contributed by atoms with Crippen molar-refractivity contribution in [1.29, 1.82) is 0 Å². The third kappa shape index (κ3) is 5.18. The summed E-state index contributed by atoms with van der Waals surface area (Å²) in [5.74, 6) is -0.896. The van der Waals surface area contributed by atoms with Crippen molar-refractivity contribution in [3.8, 4) is 11.4 Å². The first-order chi connectivity index (χ1) is 13.1. The molecule has 1 heterocycles. The van der Waals surface area contributed by atoms with E-state index in [2.05, 4.69) is 26.3 Å². The molecule has 0 fully saturated rings. The normalized spacial score (nSPS) is 10.4. The van der Waals surface area contributed by atoms with Gasteiger partial charge in [-0.05, 0) is 23.3 Å². The first-order valence-corrected chi connectivity index (χ1v) is 8.26. The predicted octanol–water partition coefficient (Wildman–Crippen LogP) is 1.26. The van der Waals surface area contributed by atoms with Crippen molar-refractivity contribution < 1.29 is 14.0 Å². The second-order valence-corrected chi connectivity index (χ2v) is 5.70. The molecular weight excluding hydrogens is 351 g/mol. The van der Waals surface area contributed by atoms with Gasteiger partial charge in [0, 0.05) is 12.0 Å². The molecule has 0 saturated heterocycles. The summed E-state index contributed by atoms with van der Waals surface area (Å²) < 4.78 is 13.5. The van der Waals surface area contributed by atoms with Gasteiger partial charge in [0.05, 0.1) is 0 Å². The highest BCUT2D eigenvalue weighted by atomic mass is 19.1. The zero-order valence-electron chi connectivity index (χ0n) is 14.3. The van der Waals surface area contributed by atoms with E-state index in [1.165, 1.54) is 6.07 Å². The average Bonchev–Trinajstić information content (AvgIpc) is 3.15. The molecule has 27 heavy (non-hydrogen) atoms. The van der Waals surface area contributed by atoms with E-state index in [1.54, 1.807) is 18.2 Å². The van der Waals surface area contributed by atoms with Crippen LogP contribution in [0.25, 0.3) is 11.4 Å². The van der Waals surface area contributed by atoms with Gasteiger partial charge in [0.15, 0.2) is 0 Å². The number of tetrazole rings is 1. The second kappa shape index (κ2) is 8.65. The predicted molar refractivity (Wildman–Crippen MR) is 94.3 cm³/mol. The lowest BCUT2D eigenvalue weighted by molar-refractivity contribution is -0.129. The van der Waals surface area contributed by atoms with Crippen molar-refractivity contribution in [3.63, 3.8) is 0 Å². The van der Waals surface area contributed by atoms with Gasteiger partial charge in [-0.1, -0.05) is 48.5 Å². The number of amides is 2. The number of aromatic nitrogens is 4. The Kier molecular flexibility index (Phi) is 5.83. The number of carbonyl (C=O) groups excluding carboxylic acids is 2. The van der Waals surface area contributed by atoms with Crippen LogP contribution in [0.5, 0.6) is 0 Å². The van der Waals surface area contributed by atoms with E-state index in [-0.39, 0.29) is 25.2 Å². The third-order valence-electron chi connectivity index (χ3n) is 3.69. The van der Waals surface area contributed by atoms with E-state index in [9.17, 15) is 14.0 Å². The van der Waals surface area contributed by atoms with Gasteiger partial charge < -0.3 is 0 Å². The summed E-state index contributed by atoms with van der Waals surface area (Å²) in [5, 5.41) is 11.8. The maximum Gasteiger partial charge on any atom is 0.262 e. The molecule has 2 aromatic carbocycles. The van der Waals surface area contributed by atoms with Crippen molar-refractivity contribution in [2.45, 2.75) is 19.4 Å². The summed E-state index contributed by atoms with van der Waals surface area (Å²) in [6, 6.07) is 15.5. The van der Waals surface area contributed by atoms with Crippen LogP contribution in [0.3, 0.4) is 0 Å². The molecule has 2 N–H and O–H groups in total. The molecule has 3 rings (SSSR count). The number of nitrogens with one attached hydrogen (secondary N) is 2. The van der Waals surface area contributed by atoms with Gasteiger partial charge in [-0.3, -0.25) is 20.4 Å². The molecule has 0 aliphatic rings. The lowest BCUT2D eigenvalue weighted by Gasteiger charge is -2.07. The molecule has 3 aromatic rings. The van der Waals surface area contributed by atoms with Crippen LogP contribution in [0.15, 0.2) is 54.6 Å². The number of halogens is 1. The molecule has 0 atom stereocenters. The van der Waals surface area contributed by atoms with Crippen LogP contribution >= 0.6 is 0 Å². The van der Waals surface area contributed by atoms with E-state index in [1.807, 2.05) is 30.3 Å². The van der Waals surface area contributed by atoms with Crippen LogP contribution in [0.4, 0.5) is 4.39 Å². The number of carbonyl (C=O) groups is 2. The Bertz CT molecular complexity index is 928. The molecule has 0 radical (unpaired) electrons. The molecule has 0 aliphatic heterocycles. The molecule has 0 aliphatic carbocycles. The zero-order chi connectivity index (χ0) is 19.1. The lowest BCUT2D eigenvalue weighted by Crippen LogP contribution is -2.43. The average molecular weight is 368 g/mol. The van der Waals surface area contributed by atoms with Crippen LogP contribution in [-0.4, -0.2) is 32.0 Å². The molecule has 0 spiro atoms. The summed E-state index contributed by atoms with van der Waals surface area (Å²) in [5.41, 5.74) is 5.78. The van der Waals surface area contributed by atoms with Crippen LogP contribution in [0.2, 0.25) is 0 Å². The molecule has 8 nitrogen and oxygen atoms in total. The number of aryl methyl sites for hydroxylation is 1. The van der Waals surface area contributed by atoms with Gasteiger partial charge in [-0.2, -0.15) is 4.80 Å². The van der Waals surface area contributed by atoms with Crippen molar-refractivity contribution >= 4 is 11.8 Å². The summed E-state index contributed by atoms with van der Waals surface area (Å²) in [6.07, 6.45) is 0.278. The largest absolute Gasteiger partial charge is 0.273 e. The summed E-state index contributed by atoms with van der Waals surface area (Å²) >= 11 is 0. The first-order valence-electron chi connectivity index (χ1n) is 8.26. The van der Waals surface area contributed by atoms with Crippen LogP contribution in [0, 0.1) is 5.82 Å². The Morgan fingerprint density at radius 3 is 2.44 bits per heavy atom. The Morgan fingerprint density at radius 1 is 0.963 bits per heavy atom. The molecule has 0 unspecified atom stereocenters. The SMILES string of the molecule is O=C(CCc1ccccc1F)NNC(=O)Cn1nnc(-c2ccccc2)n1. The van der Waals surface area contributed by atoms with Crippen LogP contribution < -0.4 is 10.9 Å². The number of benzene rings is 2. The highest BCUT2D eigenvalue weighted by Crippen LogP contribution is 2.11. The minimum Gasteiger partial charge on any atom is -0.273 e. The number of hydrazine groups is 1. The Labute approximate surface area is 154 Å². The fourth-order valence-corrected chi connectivity index (χ4v) is 2.33. The van der Waals surface area contributed by atoms with Crippen molar-refractivity contribution in [3.05, 3.63) is 66.0 Å². The monoisotopic (exact) mass is 368 g/mol. The van der Waals surface area contributed by atoms with Crippen molar-refractivity contribution in [1.82, 2.24) is 31.1 Å². The molecule has 0 saturated carbocycles. The first kappa shape index (κ1) is 18.2. The maximum atomic E-state index is 13.5. The number of rotatable bonds is 6. The van der Waals surface area contributed by atoms with E-state index in [0.717, 1.165) is 10.4 Å². The van der Waals surface area contributed by atoms with Crippen LogP contribution in [-0.2, 0) is 22.6 Å². The van der Waals surface area contributed by atoms with Crippen molar-refractivity contribution in [2.75, 3.05) is 0 Å². The van der Waals surface area contributed by atoms with E-state index in [0.29, 0.717) is 11.4 Å². The molecule has 1 aromatic heterocycles. The highest BCUT2D eigenvalue weighted by molar-refractivity contribution is 5.81. The van der Waals surface area contributed by atoms with Crippen LogP contribution in [0.1, 0.15) is 12.0 Å². The van der Waals surface area contributed by atoms with E-state index < -0.39 is 11.8 Å². The zero-order valence-corrected chi connectivity index (χ0v) is 14.3. The molecule has 9 heteroatoms. The molecule has 2 amide bonds. The van der Waals surface area contributed by atoms with Gasteiger partial charge in [-0.25, -0.2) is 4.39 Å². The van der Waals surface area contributed by atoms with Gasteiger partial charge in [0.2, 0.25) is 11.7 Å². The van der Waals surface area contributed by atoms with Gasteiger partial charge in [0.1, 0.15) is 12.4 Å². The Balaban J connectivity index is 1.44.